The second-order valence-corrected chi connectivity index (χ2v) is 5.98. The summed E-state index contributed by atoms with van der Waals surface area (Å²) in [6.07, 6.45) is 4.11. The van der Waals surface area contributed by atoms with Crippen molar-refractivity contribution < 1.29 is 23.5 Å². The molecule has 24 heavy (non-hydrogen) atoms. The summed E-state index contributed by atoms with van der Waals surface area (Å²) in [5.74, 6) is -0.779. The average molecular weight is 337 g/mol. The third-order valence-electron chi connectivity index (χ3n) is 4.14. The number of carbonyl (C=O) groups excluding carboxylic acids is 2. The van der Waals surface area contributed by atoms with Crippen molar-refractivity contribution in [1.82, 2.24) is 0 Å². The number of halogens is 1. The van der Waals surface area contributed by atoms with E-state index >= 15 is 0 Å². The van der Waals surface area contributed by atoms with Crippen LogP contribution in [0.5, 0.6) is 5.75 Å². The lowest BCUT2D eigenvalue weighted by molar-refractivity contribution is -0.120. The quantitative estimate of drug-likeness (QED) is 0.607. The number of hydrogen-bond donors (Lipinski definition) is 1. The first kappa shape index (κ1) is 18.2. The van der Waals surface area contributed by atoms with Crippen molar-refractivity contribution in [2.45, 2.75) is 51.5 Å². The summed E-state index contributed by atoms with van der Waals surface area (Å²) < 4.78 is 24.5. The molecule has 1 aliphatic carbocycles. The Bertz CT molecular complexity index is 593. The highest BCUT2D eigenvalue weighted by Crippen LogP contribution is 2.29. The molecule has 2 rings (SSSR count). The molecule has 0 radical (unpaired) electrons. The van der Waals surface area contributed by atoms with Gasteiger partial charge < -0.3 is 14.8 Å². The maximum atomic E-state index is 14.3. The van der Waals surface area contributed by atoms with Gasteiger partial charge in [-0.2, -0.15) is 0 Å². The number of Topliss-reactive ketones (excluding diaryl/α,β-unsaturated/α-hetero) is 1. The second kappa shape index (κ2) is 8.66. The average Bonchev–Trinajstić information content (AvgIpc) is 2.58. The van der Waals surface area contributed by atoms with Crippen LogP contribution in [-0.2, 0) is 9.53 Å². The number of ether oxygens (including phenoxy) is 2. The number of hydrogen-bond acceptors (Lipinski definition) is 5. The van der Waals surface area contributed by atoms with E-state index in [1.165, 1.54) is 19.2 Å². The largest absolute Gasteiger partial charge is 0.490 e. The van der Waals surface area contributed by atoms with E-state index < -0.39 is 11.8 Å². The van der Waals surface area contributed by atoms with Crippen molar-refractivity contribution >= 4 is 17.4 Å². The Morgan fingerprint density at radius 1 is 1.33 bits per heavy atom. The van der Waals surface area contributed by atoms with Gasteiger partial charge in [0.25, 0.3) is 0 Å². The molecule has 1 aromatic rings. The highest BCUT2D eigenvalue weighted by atomic mass is 19.1. The Hall–Kier alpha value is -2.11. The van der Waals surface area contributed by atoms with Crippen LogP contribution in [0.3, 0.4) is 0 Å². The zero-order chi connectivity index (χ0) is 17.5. The number of carbonyl (C=O) groups is 2. The maximum Gasteiger partial charge on any atom is 0.340 e. The summed E-state index contributed by atoms with van der Waals surface area (Å²) in [5, 5.41) is 3.17. The Labute approximate surface area is 141 Å². The van der Waals surface area contributed by atoms with Gasteiger partial charge in [0, 0.05) is 24.9 Å². The zero-order valence-corrected chi connectivity index (χ0v) is 14.2. The number of ketones is 1. The fourth-order valence-electron chi connectivity index (χ4n) is 2.69. The molecular weight excluding hydrogens is 313 g/mol. The minimum absolute atomic E-state index is 0.0392. The normalized spacial score (nSPS) is 15.2. The van der Waals surface area contributed by atoms with Crippen LogP contribution in [-0.4, -0.2) is 31.5 Å². The lowest BCUT2D eigenvalue weighted by Crippen LogP contribution is -2.27. The predicted molar refractivity (Wildman–Crippen MR) is 89.0 cm³/mol. The van der Waals surface area contributed by atoms with Gasteiger partial charge in [-0.15, -0.1) is 0 Å². The molecule has 1 aromatic carbocycles. The van der Waals surface area contributed by atoms with Gasteiger partial charge in [0.15, 0.2) is 11.6 Å². The van der Waals surface area contributed by atoms with Gasteiger partial charge in [-0.05, 0) is 25.3 Å². The fraction of sp³-hybridized carbons (Fsp3) is 0.556. The molecule has 0 atom stereocenters. The van der Waals surface area contributed by atoms with E-state index in [-0.39, 0.29) is 23.1 Å². The van der Waals surface area contributed by atoms with Gasteiger partial charge in [0.1, 0.15) is 5.78 Å². The minimum atomic E-state index is -0.551. The van der Waals surface area contributed by atoms with Gasteiger partial charge in [0.2, 0.25) is 0 Å². The Morgan fingerprint density at radius 3 is 2.67 bits per heavy atom. The van der Waals surface area contributed by atoms with E-state index in [9.17, 15) is 14.0 Å². The monoisotopic (exact) mass is 337 g/mol. The highest BCUT2D eigenvalue weighted by Gasteiger charge is 2.23. The number of esters is 1. The third-order valence-corrected chi connectivity index (χ3v) is 4.14. The number of methoxy groups -OCH3 is 1. The van der Waals surface area contributed by atoms with Crippen LogP contribution in [0, 0.1) is 5.82 Å². The summed E-state index contributed by atoms with van der Waals surface area (Å²) >= 11 is 0. The van der Waals surface area contributed by atoms with Gasteiger partial charge in [-0.3, -0.25) is 4.79 Å². The van der Waals surface area contributed by atoms with Gasteiger partial charge in [0.05, 0.1) is 25.0 Å². The fourth-order valence-corrected chi connectivity index (χ4v) is 2.69. The first-order valence-corrected chi connectivity index (χ1v) is 8.38. The van der Waals surface area contributed by atoms with Crippen LogP contribution in [0.25, 0.3) is 0 Å². The molecule has 0 spiro atoms. The molecule has 0 aliphatic heterocycles. The predicted octanol–water partition coefficient (Wildman–Crippen LogP) is 3.71. The summed E-state index contributed by atoms with van der Waals surface area (Å²) in [5.41, 5.74) is 0.615. The summed E-state index contributed by atoms with van der Waals surface area (Å²) in [7, 11) is 1.28. The van der Waals surface area contributed by atoms with Crippen molar-refractivity contribution in [3.63, 3.8) is 0 Å². The highest BCUT2D eigenvalue weighted by molar-refractivity contribution is 5.96. The molecule has 0 unspecified atom stereocenters. The van der Waals surface area contributed by atoms with Gasteiger partial charge >= 0.3 is 5.97 Å². The first-order valence-electron chi connectivity index (χ1n) is 8.38. The van der Waals surface area contributed by atoms with Crippen LogP contribution in [0.15, 0.2) is 12.1 Å². The lowest BCUT2D eigenvalue weighted by atomic mass is 9.94. The Balaban J connectivity index is 2.20. The summed E-state index contributed by atoms with van der Waals surface area (Å²) in [6.45, 7) is 2.41. The smallest absolute Gasteiger partial charge is 0.340 e. The zero-order valence-electron chi connectivity index (χ0n) is 14.2. The first-order chi connectivity index (χ1) is 11.5. The van der Waals surface area contributed by atoms with Crippen molar-refractivity contribution in [3.8, 4) is 5.75 Å². The molecule has 0 amide bonds. The summed E-state index contributed by atoms with van der Waals surface area (Å²) in [4.78, 5) is 23.4. The summed E-state index contributed by atoms with van der Waals surface area (Å²) in [6, 6.07) is 2.69. The van der Waals surface area contributed by atoms with Crippen LogP contribution >= 0.6 is 0 Å². The molecule has 1 saturated carbocycles. The van der Waals surface area contributed by atoms with Crippen molar-refractivity contribution in [2.24, 2.45) is 0 Å². The molecule has 0 heterocycles. The van der Waals surface area contributed by atoms with Crippen LogP contribution in [0.1, 0.15) is 55.8 Å². The SMILES string of the molecule is CCCCOc1cc(C(=O)OC)c(NC2CCC(=O)CC2)cc1F. The second-order valence-electron chi connectivity index (χ2n) is 5.98. The van der Waals surface area contributed by atoms with E-state index in [1.807, 2.05) is 6.92 Å². The molecule has 6 heteroatoms. The molecule has 1 N–H and O–H groups in total. The van der Waals surface area contributed by atoms with E-state index in [0.717, 1.165) is 12.8 Å². The molecule has 5 nitrogen and oxygen atoms in total. The number of anilines is 1. The molecule has 0 saturated heterocycles. The molecule has 0 bridgehead atoms. The van der Waals surface area contributed by atoms with E-state index in [0.29, 0.717) is 38.0 Å². The van der Waals surface area contributed by atoms with E-state index in [1.54, 1.807) is 0 Å². The van der Waals surface area contributed by atoms with Crippen molar-refractivity contribution in [1.29, 1.82) is 0 Å². The number of unbranched alkanes of at least 4 members (excludes halogenated alkanes) is 1. The molecular formula is C18H24FNO4. The van der Waals surface area contributed by atoms with Gasteiger partial charge in [-0.25, -0.2) is 9.18 Å². The molecule has 1 fully saturated rings. The van der Waals surface area contributed by atoms with Gasteiger partial charge in [-0.1, -0.05) is 13.3 Å². The molecule has 1 aliphatic rings. The van der Waals surface area contributed by atoms with Crippen molar-refractivity contribution in [3.05, 3.63) is 23.5 Å². The number of benzene rings is 1. The minimum Gasteiger partial charge on any atom is -0.490 e. The van der Waals surface area contributed by atoms with Crippen LogP contribution < -0.4 is 10.1 Å². The number of rotatable bonds is 7. The topological polar surface area (TPSA) is 64.6 Å². The Kier molecular flexibility index (Phi) is 6.58. The lowest BCUT2D eigenvalue weighted by Gasteiger charge is -2.24. The van der Waals surface area contributed by atoms with Crippen LogP contribution in [0.4, 0.5) is 10.1 Å². The standard InChI is InChI=1S/C18H24FNO4/c1-3-4-9-24-17-10-14(18(22)23-2)16(11-15(17)19)20-12-5-7-13(21)8-6-12/h10-12,20H,3-9H2,1-2H3. The van der Waals surface area contributed by atoms with Crippen LogP contribution in [0.2, 0.25) is 0 Å². The van der Waals surface area contributed by atoms with E-state index in [2.05, 4.69) is 5.32 Å². The maximum absolute atomic E-state index is 14.3. The van der Waals surface area contributed by atoms with Crippen molar-refractivity contribution in [2.75, 3.05) is 19.0 Å². The third kappa shape index (κ3) is 4.69. The molecule has 0 aromatic heterocycles. The number of nitrogens with one attached hydrogen (secondary N) is 1. The molecule has 132 valence electrons. The Morgan fingerprint density at radius 2 is 2.04 bits per heavy atom. The van der Waals surface area contributed by atoms with E-state index in [4.69, 9.17) is 9.47 Å².